The Hall–Kier alpha value is -1.78. The second kappa shape index (κ2) is 9.15. The number of halogens is 2. The molecule has 4 heteroatoms. The molecule has 2 aromatic rings. The van der Waals surface area contributed by atoms with Crippen molar-refractivity contribution in [3.63, 3.8) is 0 Å². The molecule has 0 N–H and O–H groups in total. The van der Waals surface area contributed by atoms with E-state index in [4.69, 9.17) is 0 Å². The van der Waals surface area contributed by atoms with E-state index >= 15 is 0 Å². The molecule has 4 rings (SSSR count). The lowest BCUT2D eigenvalue weighted by molar-refractivity contribution is 0.153. The van der Waals surface area contributed by atoms with Crippen LogP contribution in [0.4, 0.5) is 8.78 Å². The zero-order valence-electron chi connectivity index (χ0n) is 16.5. The maximum Gasteiger partial charge on any atom is 0.123 e. The molecule has 2 nitrogen and oxygen atoms in total. The van der Waals surface area contributed by atoms with Gasteiger partial charge < -0.3 is 9.80 Å². The molecule has 28 heavy (non-hydrogen) atoms. The quantitative estimate of drug-likeness (QED) is 0.714. The lowest BCUT2D eigenvalue weighted by Crippen LogP contribution is -2.41. The standard InChI is InChI=1S/C24H30F2N2/c25-23-5-1-19(2-6-23)21-9-13-27(14-10-21)17-18-28-15-11-22(12-16-28)20-3-7-24(26)8-4-20/h1-8,21-22H,9-18H2. The number of nitrogens with zero attached hydrogens (tertiary/aromatic N) is 2. The van der Waals surface area contributed by atoms with Crippen molar-refractivity contribution in [2.24, 2.45) is 0 Å². The van der Waals surface area contributed by atoms with E-state index in [2.05, 4.69) is 9.80 Å². The summed E-state index contributed by atoms with van der Waals surface area (Å²) in [4.78, 5) is 5.15. The minimum Gasteiger partial charge on any atom is -0.302 e. The minimum absolute atomic E-state index is 0.149. The summed E-state index contributed by atoms with van der Waals surface area (Å²) >= 11 is 0. The van der Waals surface area contributed by atoms with Gasteiger partial charge in [-0.1, -0.05) is 24.3 Å². The molecule has 0 unspecified atom stereocenters. The maximum absolute atomic E-state index is 13.1. The van der Waals surface area contributed by atoms with Crippen molar-refractivity contribution in [3.05, 3.63) is 71.3 Å². The average Bonchev–Trinajstić information content (AvgIpc) is 2.74. The highest BCUT2D eigenvalue weighted by Gasteiger charge is 2.23. The van der Waals surface area contributed by atoms with Crippen molar-refractivity contribution < 1.29 is 8.78 Å². The second-order valence-corrected chi connectivity index (χ2v) is 8.33. The Bertz CT molecular complexity index is 663. The third-order valence-corrected chi connectivity index (χ3v) is 6.59. The highest BCUT2D eigenvalue weighted by atomic mass is 19.1. The van der Waals surface area contributed by atoms with E-state index in [1.165, 1.54) is 11.1 Å². The summed E-state index contributed by atoms with van der Waals surface area (Å²) in [5, 5.41) is 0. The van der Waals surface area contributed by atoms with Gasteiger partial charge >= 0.3 is 0 Å². The van der Waals surface area contributed by atoms with Crippen LogP contribution in [-0.4, -0.2) is 49.1 Å². The molecule has 2 fully saturated rings. The highest BCUT2D eigenvalue weighted by molar-refractivity contribution is 5.22. The van der Waals surface area contributed by atoms with Crippen molar-refractivity contribution in [1.29, 1.82) is 0 Å². The Morgan fingerprint density at radius 1 is 0.571 bits per heavy atom. The van der Waals surface area contributed by atoms with E-state index in [0.29, 0.717) is 11.8 Å². The molecule has 150 valence electrons. The first-order valence-electron chi connectivity index (χ1n) is 10.6. The number of piperidine rings is 2. The number of hydrogen-bond acceptors (Lipinski definition) is 2. The molecule has 0 amide bonds. The average molecular weight is 385 g/mol. The van der Waals surface area contributed by atoms with E-state index in [-0.39, 0.29) is 11.6 Å². The molecule has 2 heterocycles. The topological polar surface area (TPSA) is 6.48 Å². The fraction of sp³-hybridized carbons (Fsp3) is 0.500. The van der Waals surface area contributed by atoms with Crippen LogP contribution in [-0.2, 0) is 0 Å². The molecule has 0 saturated carbocycles. The third kappa shape index (κ3) is 4.98. The molecule has 2 aromatic carbocycles. The summed E-state index contributed by atoms with van der Waals surface area (Å²) in [6.07, 6.45) is 4.66. The summed E-state index contributed by atoms with van der Waals surface area (Å²) < 4.78 is 26.2. The predicted molar refractivity (Wildman–Crippen MR) is 110 cm³/mol. The van der Waals surface area contributed by atoms with Gasteiger partial charge in [0.15, 0.2) is 0 Å². The first-order valence-corrected chi connectivity index (χ1v) is 10.6. The summed E-state index contributed by atoms with van der Waals surface area (Å²) in [5.41, 5.74) is 2.56. The summed E-state index contributed by atoms with van der Waals surface area (Å²) in [7, 11) is 0. The van der Waals surface area contributed by atoms with E-state index in [0.717, 1.165) is 65.0 Å². The van der Waals surface area contributed by atoms with E-state index in [9.17, 15) is 8.78 Å². The molecule has 0 aromatic heterocycles. The van der Waals surface area contributed by atoms with Crippen LogP contribution in [0.2, 0.25) is 0 Å². The first-order chi connectivity index (χ1) is 13.7. The zero-order chi connectivity index (χ0) is 19.3. The zero-order valence-corrected chi connectivity index (χ0v) is 16.5. The molecule has 0 radical (unpaired) electrons. The van der Waals surface area contributed by atoms with E-state index in [1.54, 1.807) is 24.3 Å². The Morgan fingerprint density at radius 2 is 0.893 bits per heavy atom. The van der Waals surface area contributed by atoms with Gasteiger partial charge in [0.05, 0.1) is 0 Å². The first kappa shape index (κ1) is 19.5. The van der Waals surface area contributed by atoms with Gasteiger partial charge in [-0.3, -0.25) is 0 Å². The Labute approximate surface area is 167 Å². The Morgan fingerprint density at radius 3 is 1.21 bits per heavy atom. The van der Waals surface area contributed by atoms with Crippen molar-refractivity contribution in [2.45, 2.75) is 37.5 Å². The van der Waals surface area contributed by atoms with Crippen LogP contribution in [0.3, 0.4) is 0 Å². The molecule has 2 aliphatic rings. The fourth-order valence-electron chi connectivity index (χ4n) is 4.73. The van der Waals surface area contributed by atoms with E-state index in [1.807, 2.05) is 24.3 Å². The molecular formula is C24H30F2N2. The molecule has 2 aliphatic heterocycles. The smallest absolute Gasteiger partial charge is 0.123 e. The van der Waals surface area contributed by atoms with Gasteiger partial charge in [-0.2, -0.15) is 0 Å². The normalized spacial score (nSPS) is 20.5. The van der Waals surface area contributed by atoms with Crippen molar-refractivity contribution >= 4 is 0 Å². The van der Waals surface area contributed by atoms with Gasteiger partial charge in [0.2, 0.25) is 0 Å². The Kier molecular flexibility index (Phi) is 6.38. The number of hydrogen-bond donors (Lipinski definition) is 0. The van der Waals surface area contributed by atoms with Crippen LogP contribution in [0.5, 0.6) is 0 Å². The summed E-state index contributed by atoms with van der Waals surface area (Å²) in [5.74, 6) is 0.848. The Balaban J connectivity index is 1.17. The number of rotatable bonds is 5. The molecule has 0 bridgehead atoms. The van der Waals surface area contributed by atoms with Crippen molar-refractivity contribution in [3.8, 4) is 0 Å². The van der Waals surface area contributed by atoms with Gasteiger partial charge in [-0.05, 0) is 99.1 Å². The lowest BCUT2D eigenvalue weighted by Gasteiger charge is -2.36. The third-order valence-electron chi connectivity index (χ3n) is 6.59. The van der Waals surface area contributed by atoms with Gasteiger partial charge in [-0.15, -0.1) is 0 Å². The molecule has 0 atom stereocenters. The summed E-state index contributed by atoms with van der Waals surface area (Å²) in [6, 6.07) is 14.1. The molecular weight excluding hydrogens is 354 g/mol. The van der Waals surface area contributed by atoms with Gasteiger partial charge in [0.1, 0.15) is 11.6 Å². The van der Waals surface area contributed by atoms with Crippen molar-refractivity contribution in [2.75, 3.05) is 39.3 Å². The van der Waals surface area contributed by atoms with Crippen LogP contribution in [0.1, 0.15) is 48.6 Å². The largest absolute Gasteiger partial charge is 0.302 e. The monoisotopic (exact) mass is 384 g/mol. The highest BCUT2D eigenvalue weighted by Crippen LogP contribution is 2.29. The summed E-state index contributed by atoms with van der Waals surface area (Å²) in [6.45, 7) is 6.80. The van der Waals surface area contributed by atoms with Gasteiger partial charge in [0.25, 0.3) is 0 Å². The predicted octanol–water partition coefficient (Wildman–Crippen LogP) is 5.02. The van der Waals surface area contributed by atoms with Gasteiger partial charge in [0, 0.05) is 13.1 Å². The minimum atomic E-state index is -0.149. The maximum atomic E-state index is 13.1. The second-order valence-electron chi connectivity index (χ2n) is 8.33. The van der Waals surface area contributed by atoms with Crippen molar-refractivity contribution in [1.82, 2.24) is 9.80 Å². The van der Waals surface area contributed by atoms with Crippen LogP contribution < -0.4 is 0 Å². The van der Waals surface area contributed by atoms with Crippen LogP contribution >= 0.6 is 0 Å². The molecule has 0 spiro atoms. The van der Waals surface area contributed by atoms with Crippen LogP contribution in [0.15, 0.2) is 48.5 Å². The van der Waals surface area contributed by atoms with E-state index < -0.39 is 0 Å². The lowest BCUT2D eigenvalue weighted by atomic mass is 9.89. The fourth-order valence-corrected chi connectivity index (χ4v) is 4.73. The number of likely N-dealkylation sites (tertiary alicyclic amines) is 2. The number of benzene rings is 2. The van der Waals surface area contributed by atoms with Crippen LogP contribution in [0.25, 0.3) is 0 Å². The molecule has 0 aliphatic carbocycles. The van der Waals surface area contributed by atoms with Crippen LogP contribution in [0, 0.1) is 11.6 Å². The van der Waals surface area contributed by atoms with Gasteiger partial charge in [-0.25, -0.2) is 8.78 Å². The molecule has 2 saturated heterocycles. The SMILES string of the molecule is Fc1ccc(C2CCN(CCN3CCC(c4ccc(F)cc4)CC3)CC2)cc1.